The minimum atomic E-state index is -1.18. The lowest BCUT2D eigenvalue weighted by molar-refractivity contribution is -0.586. The number of hydrogen-bond donors (Lipinski definition) is 1. The van der Waals surface area contributed by atoms with Gasteiger partial charge in [0.25, 0.3) is 0 Å². The Morgan fingerprint density at radius 1 is 0.941 bits per heavy atom. The number of nitrogens with zero attached hydrogens (tertiary/aromatic N) is 2. The van der Waals surface area contributed by atoms with Gasteiger partial charge in [0.1, 0.15) is 6.10 Å². The fourth-order valence-electron chi connectivity index (χ4n) is 3.39. The lowest BCUT2D eigenvalue weighted by Crippen LogP contribution is -2.55. The van der Waals surface area contributed by atoms with E-state index in [1.165, 1.54) is 0 Å². The molecule has 0 spiro atoms. The van der Waals surface area contributed by atoms with Crippen LogP contribution in [0.4, 0.5) is 0 Å². The predicted octanol–water partition coefficient (Wildman–Crippen LogP) is 0.848. The summed E-state index contributed by atoms with van der Waals surface area (Å²) in [6.45, 7) is 0. The molecule has 96 valence electrons. The third kappa shape index (κ3) is 2.11. The predicted molar refractivity (Wildman–Crippen MR) is 57.6 cm³/mol. The van der Waals surface area contributed by atoms with E-state index in [1.54, 1.807) is 0 Å². The van der Waals surface area contributed by atoms with E-state index in [2.05, 4.69) is 0 Å². The van der Waals surface area contributed by atoms with Gasteiger partial charge in [0.2, 0.25) is 12.1 Å². The van der Waals surface area contributed by atoms with Crippen molar-refractivity contribution in [1.82, 2.24) is 0 Å². The van der Waals surface area contributed by atoms with Crippen molar-refractivity contribution in [3.63, 3.8) is 0 Å². The molecule has 2 saturated carbocycles. The van der Waals surface area contributed by atoms with Gasteiger partial charge in [-0.2, -0.15) is 0 Å². The number of fused-ring (bicyclic) bond motifs is 1. The molecule has 2 aliphatic rings. The largest absolute Gasteiger partial charge is 0.386 e. The fourth-order valence-corrected chi connectivity index (χ4v) is 3.39. The van der Waals surface area contributed by atoms with Gasteiger partial charge in [0.05, 0.1) is 6.42 Å². The van der Waals surface area contributed by atoms with Crippen LogP contribution >= 0.6 is 0 Å². The van der Waals surface area contributed by atoms with E-state index < -0.39 is 28.0 Å². The fraction of sp³-hybridized carbons (Fsp3) is 1.00. The Labute approximate surface area is 98.1 Å². The van der Waals surface area contributed by atoms with E-state index in [4.69, 9.17) is 0 Å². The smallest absolute Gasteiger partial charge is 0.245 e. The molecule has 0 heterocycles. The SMILES string of the molecule is O=[N+]([O-])C1CC([N+](=O)[O-])C2CCCCC2C1O. The van der Waals surface area contributed by atoms with Gasteiger partial charge in [-0.15, -0.1) is 0 Å². The Morgan fingerprint density at radius 2 is 1.47 bits per heavy atom. The third-order valence-electron chi connectivity index (χ3n) is 4.23. The Morgan fingerprint density at radius 3 is 2.00 bits per heavy atom. The standard InChI is InChI=1S/C10H16N2O5/c13-10-7-4-2-1-3-6(7)8(11(14)15)5-9(10)12(16)17/h6-10,13H,1-5H2. The van der Waals surface area contributed by atoms with Crippen LogP contribution in [0.5, 0.6) is 0 Å². The van der Waals surface area contributed by atoms with Gasteiger partial charge in [0.15, 0.2) is 0 Å². The maximum absolute atomic E-state index is 11.0. The molecule has 17 heavy (non-hydrogen) atoms. The van der Waals surface area contributed by atoms with Crippen molar-refractivity contribution < 1.29 is 15.0 Å². The topological polar surface area (TPSA) is 107 Å². The molecule has 0 aromatic carbocycles. The van der Waals surface area contributed by atoms with Crippen LogP contribution < -0.4 is 0 Å². The summed E-state index contributed by atoms with van der Waals surface area (Å²) in [6.07, 6.45) is 2.03. The summed E-state index contributed by atoms with van der Waals surface area (Å²) >= 11 is 0. The number of rotatable bonds is 2. The summed E-state index contributed by atoms with van der Waals surface area (Å²) in [7, 11) is 0. The minimum absolute atomic E-state index is 0.137. The molecule has 0 aromatic heterocycles. The first-order chi connectivity index (χ1) is 8.02. The van der Waals surface area contributed by atoms with Crippen molar-refractivity contribution in [3.8, 4) is 0 Å². The molecule has 0 radical (unpaired) electrons. The molecular formula is C10H16N2O5. The summed E-state index contributed by atoms with van der Waals surface area (Å²) in [6, 6.07) is -2.04. The van der Waals surface area contributed by atoms with Crippen LogP contribution in [-0.2, 0) is 0 Å². The quantitative estimate of drug-likeness (QED) is 0.572. The zero-order chi connectivity index (χ0) is 12.6. The average molecular weight is 244 g/mol. The van der Waals surface area contributed by atoms with Crippen molar-refractivity contribution in [2.24, 2.45) is 11.8 Å². The van der Waals surface area contributed by atoms with Gasteiger partial charge < -0.3 is 5.11 Å². The molecule has 0 bridgehead atoms. The molecule has 2 fully saturated rings. The van der Waals surface area contributed by atoms with Crippen molar-refractivity contribution >= 4 is 0 Å². The summed E-state index contributed by atoms with van der Waals surface area (Å²) in [4.78, 5) is 20.9. The first-order valence-electron chi connectivity index (χ1n) is 5.97. The molecule has 5 unspecified atom stereocenters. The number of aliphatic hydroxyl groups excluding tert-OH is 1. The Hall–Kier alpha value is -1.24. The molecular weight excluding hydrogens is 228 g/mol. The van der Waals surface area contributed by atoms with Crippen LogP contribution in [0, 0.1) is 32.1 Å². The van der Waals surface area contributed by atoms with Crippen molar-refractivity contribution in [2.75, 3.05) is 0 Å². The molecule has 7 heteroatoms. The Kier molecular flexibility index (Phi) is 3.28. The summed E-state index contributed by atoms with van der Waals surface area (Å²) in [5.41, 5.74) is 0. The molecule has 2 rings (SSSR count). The molecule has 5 atom stereocenters. The van der Waals surface area contributed by atoms with Crippen LogP contribution in [0.2, 0.25) is 0 Å². The molecule has 0 aliphatic heterocycles. The summed E-state index contributed by atoms with van der Waals surface area (Å²) in [5.74, 6) is -0.465. The molecule has 0 saturated heterocycles. The van der Waals surface area contributed by atoms with Crippen LogP contribution in [0.1, 0.15) is 32.1 Å². The molecule has 7 nitrogen and oxygen atoms in total. The second-order valence-corrected chi connectivity index (χ2v) is 5.04. The van der Waals surface area contributed by atoms with Crippen LogP contribution in [-0.4, -0.2) is 33.1 Å². The molecule has 2 aliphatic carbocycles. The van der Waals surface area contributed by atoms with Gasteiger partial charge in [-0.1, -0.05) is 12.8 Å². The van der Waals surface area contributed by atoms with Gasteiger partial charge in [-0.25, -0.2) is 0 Å². The average Bonchev–Trinajstić information content (AvgIpc) is 2.29. The second-order valence-electron chi connectivity index (χ2n) is 5.04. The summed E-state index contributed by atoms with van der Waals surface area (Å²) < 4.78 is 0. The lowest BCUT2D eigenvalue weighted by Gasteiger charge is -2.40. The van der Waals surface area contributed by atoms with Gasteiger partial charge in [0, 0.05) is 21.7 Å². The maximum Gasteiger partial charge on any atom is 0.245 e. The Balaban J connectivity index is 2.24. The second kappa shape index (κ2) is 4.56. The van der Waals surface area contributed by atoms with E-state index in [0.29, 0.717) is 12.8 Å². The zero-order valence-electron chi connectivity index (χ0n) is 9.40. The van der Waals surface area contributed by atoms with E-state index in [0.717, 1.165) is 12.8 Å². The normalized spacial score (nSPS) is 41.6. The molecule has 1 N–H and O–H groups in total. The first-order valence-corrected chi connectivity index (χ1v) is 5.97. The van der Waals surface area contributed by atoms with Crippen molar-refractivity contribution in [2.45, 2.75) is 50.3 Å². The van der Waals surface area contributed by atoms with E-state index in [-0.39, 0.29) is 18.3 Å². The molecule has 0 amide bonds. The highest BCUT2D eigenvalue weighted by Crippen LogP contribution is 2.42. The molecule has 0 aromatic rings. The van der Waals surface area contributed by atoms with Gasteiger partial charge >= 0.3 is 0 Å². The number of aliphatic hydroxyl groups is 1. The van der Waals surface area contributed by atoms with Crippen LogP contribution in [0.25, 0.3) is 0 Å². The van der Waals surface area contributed by atoms with E-state index in [1.807, 2.05) is 0 Å². The highest BCUT2D eigenvalue weighted by Gasteiger charge is 2.54. The Bertz CT molecular complexity index is 335. The van der Waals surface area contributed by atoms with Gasteiger partial charge in [-0.3, -0.25) is 20.2 Å². The van der Waals surface area contributed by atoms with Gasteiger partial charge in [-0.05, 0) is 12.8 Å². The summed E-state index contributed by atoms with van der Waals surface area (Å²) in [5, 5.41) is 31.8. The number of nitro groups is 2. The first kappa shape index (κ1) is 12.2. The zero-order valence-corrected chi connectivity index (χ0v) is 9.40. The van der Waals surface area contributed by atoms with E-state index >= 15 is 0 Å². The monoisotopic (exact) mass is 244 g/mol. The lowest BCUT2D eigenvalue weighted by atomic mass is 9.65. The van der Waals surface area contributed by atoms with Crippen LogP contribution in [0.3, 0.4) is 0 Å². The minimum Gasteiger partial charge on any atom is -0.386 e. The van der Waals surface area contributed by atoms with Crippen molar-refractivity contribution in [1.29, 1.82) is 0 Å². The van der Waals surface area contributed by atoms with E-state index in [9.17, 15) is 25.3 Å². The maximum atomic E-state index is 11.0. The van der Waals surface area contributed by atoms with Crippen LogP contribution in [0.15, 0.2) is 0 Å². The van der Waals surface area contributed by atoms with Crippen molar-refractivity contribution in [3.05, 3.63) is 20.2 Å². The third-order valence-corrected chi connectivity index (χ3v) is 4.23. The highest BCUT2D eigenvalue weighted by molar-refractivity contribution is 4.94. The number of hydrogen-bond acceptors (Lipinski definition) is 5. The highest BCUT2D eigenvalue weighted by atomic mass is 16.6.